The molecule has 0 radical (unpaired) electrons. The summed E-state index contributed by atoms with van der Waals surface area (Å²) in [5.74, 6) is -3.07. The first-order chi connectivity index (χ1) is 6.73. The van der Waals surface area contributed by atoms with Crippen molar-refractivity contribution in [2.24, 2.45) is 0 Å². The zero-order valence-corrected chi connectivity index (χ0v) is 7.59. The summed E-state index contributed by atoms with van der Waals surface area (Å²) in [7, 11) is 0. The highest BCUT2D eigenvalue weighted by Crippen LogP contribution is 2.34. The van der Waals surface area contributed by atoms with E-state index in [1.54, 1.807) is 0 Å². The van der Waals surface area contributed by atoms with Gasteiger partial charge in [0.05, 0.1) is 11.1 Å². The number of halogens is 6. The molecule has 82 valence electrons. The molecule has 0 aliphatic rings. The summed E-state index contributed by atoms with van der Waals surface area (Å²) >= 11 is 4.77. The minimum atomic E-state index is -5.04. The van der Waals surface area contributed by atoms with Gasteiger partial charge in [0, 0.05) is 6.07 Å². The number of hydrogen-bond acceptors (Lipinski definition) is 1. The van der Waals surface area contributed by atoms with Crippen molar-refractivity contribution in [3.63, 3.8) is 0 Å². The van der Waals surface area contributed by atoms with E-state index in [9.17, 15) is 26.7 Å². The molecule has 0 amide bonds. The van der Waals surface area contributed by atoms with Crippen molar-refractivity contribution in [2.75, 3.05) is 0 Å². The van der Waals surface area contributed by atoms with Gasteiger partial charge in [0.15, 0.2) is 0 Å². The Balaban J connectivity index is 3.54. The van der Waals surface area contributed by atoms with Crippen LogP contribution in [0.3, 0.4) is 0 Å². The molecule has 15 heavy (non-hydrogen) atoms. The molecule has 1 rings (SSSR count). The first kappa shape index (κ1) is 11.9. The van der Waals surface area contributed by atoms with Gasteiger partial charge < -0.3 is 0 Å². The summed E-state index contributed by atoms with van der Waals surface area (Å²) in [5, 5.41) is -1.63. The molecule has 1 nitrogen and oxygen atoms in total. The summed E-state index contributed by atoms with van der Waals surface area (Å²) in [6.07, 6.45) is -5.04. The predicted molar refractivity (Wildman–Crippen MR) is 41.5 cm³/mol. The van der Waals surface area contributed by atoms with Gasteiger partial charge in [-0.1, -0.05) is 0 Å². The van der Waals surface area contributed by atoms with Gasteiger partial charge in [0.2, 0.25) is 0 Å². The maximum Gasteiger partial charge on any atom is 0.417 e. The Bertz CT molecular complexity index is 412. The molecular weight excluding hydrogens is 243 g/mol. The molecule has 0 atom stereocenters. The van der Waals surface area contributed by atoms with Gasteiger partial charge in [-0.25, -0.2) is 8.78 Å². The second-order valence-corrected chi connectivity index (χ2v) is 2.92. The number of rotatable bonds is 1. The lowest BCUT2D eigenvalue weighted by atomic mass is 10.1. The predicted octanol–water partition coefficient (Wildman–Crippen LogP) is 3.36. The normalized spacial score (nSPS) is 11.6. The van der Waals surface area contributed by atoms with Crippen LogP contribution in [0.5, 0.6) is 0 Å². The van der Waals surface area contributed by atoms with Crippen molar-refractivity contribution in [1.82, 2.24) is 0 Å². The molecule has 0 saturated carbocycles. The van der Waals surface area contributed by atoms with Crippen molar-refractivity contribution < 1.29 is 26.7 Å². The molecule has 0 saturated heterocycles. The summed E-state index contributed by atoms with van der Waals surface area (Å²) in [5.41, 5.74) is -3.09. The third-order valence-corrected chi connectivity index (χ3v) is 1.75. The molecule has 0 fully saturated rings. The van der Waals surface area contributed by atoms with Crippen LogP contribution in [-0.2, 0) is 6.18 Å². The van der Waals surface area contributed by atoms with E-state index >= 15 is 0 Å². The van der Waals surface area contributed by atoms with Crippen molar-refractivity contribution >= 4 is 16.8 Å². The Morgan fingerprint density at radius 3 is 2.13 bits per heavy atom. The summed E-state index contributed by atoms with van der Waals surface area (Å²) in [4.78, 5) is 10.5. The maximum atomic E-state index is 12.8. The van der Waals surface area contributed by atoms with E-state index in [4.69, 9.17) is 11.6 Å². The summed E-state index contributed by atoms with van der Waals surface area (Å²) < 4.78 is 62.0. The zero-order chi connectivity index (χ0) is 11.8. The first-order valence-corrected chi connectivity index (χ1v) is 3.87. The van der Waals surface area contributed by atoms with E-state index in [-0.39, 0.29) is 12.1 Å². The lowest BCUT2D eigenvalue weighted by molar-refractivity contribution is -0.138. The molecule has 1 aromatic rings. The third kappa shape index (κ3) is 2.44. The molecule has 0 unspecified atom stereocenters. The molecule has 0 aliphatic carbocycles. The minimum absolute atomic E-state index is 0.0126. The van der Waals surface area contributed by atoms with Crippen molar-refractivity contribution in [3.8, 4) is 0 Å². The second kappa shape index (κ2) is 3.77. The van der Waals surface area contributed by atoms with E-state index < -0.39 is 34.2 Å². The fourth-order valence-electron chi connectivity index (χ4n) is 0.997. The van der Waals surface area contributed by atoms with Gasteiger partial charge in [-0.15, -0.1) is 0 Å². The number of benzene rings is 1. The number of carbonyl (C=O) groups is 1. The topological polar surface area (TPSA) is 17.1 Å². The number of carbonyl (C=O) groups excluding carboxylic acids is 1. The standard InChI is InChI=1S/C8H2ClF5O/c9-7(15)6-4(8(12,13)14)1-3(10)2-5(6)11/h1-2H. The van der Waals surface area contributed by atoms with Crippen LogP contribution < -0.4 is 0 Å². The van der Waals surface area contributed by atoms with Crippen LogP contribution in [0.25, 0.3) is 0 Å². The molecule has 1 aromatic carbocycles. The van der Waals surface area contributed by atoms with E-state index in [0.717, 1.165) is 0 Å². The highest BCUT2D eigenvalue weighted by atomic mass is 35.5. The molecule has 0 spiro atoms. The Morgan fingerprint density at radius 1 is 1.20 bits per heavy atom. The second-order valence-electron chi connectivity index (χ2n) is 2.58. The summed E-state index contributed by atoms with van der Waals surface area (Å²) in [6, 6.07) is 0.170. The van der Waals surface area contributed by atoms with E-state index in [0.29, 0.717) is 0 Å². The largest absolute Gasteiger partial charge is 0.417 e. The number of hydrogen-bond donors (Lipinski definition) is 0. The zero-order valence-electron chi connectivity index (χ0n) is 6.83. The quantitative estimate of drug-likeness (QED) is 0.547. The fraction of sp³-hybridized carbons (Fsp3) is 0.125. The Hall–Kier alpha value is -1.17. The van der Waals surface area contributed by atoms with E-state index in [2.05, 4.69) is 0 Å². The molecule has 0 N–H and O–H groups in total. The maximum absolute atomic E-state index is 12.8. The van der Waals surface area contributed by atoms with Gasteiger partial charge in [-0.05, 0) is 17.7 Å². The Kier molecular flexibility index (Phi) is 2.99. The van der Waals surface area contributed by atoms with Gasteiger partial charge in [-0.2, -0.15) is 13.2 Å². The minimum Gasteiger partial charge on any atom is -0.275 e. The molecule has 7 heteroatoms. The summed E-state index contributed by atoms with van der Waals surface area (Å²) in [6.45, 7) is 0. The SMILES string of the molecule is O=C(Cl)c1c(F)cc(F)cc1C(F)(F)F. The van der Waals surface area contributed by atoms with Crippen LogP contribution in [0.4, 0.5) is 22.0 Å². The van der Waals surface area contributed by atoms with Crippen LogP contribution in [0.1, 0.15) is 15.9 Å². The van der Waals surface area contributed by atoms with Gasteiger partial charge in [-0.3, -0.25) is 4.79 Å². The molecule has 0 heterocycles. The fourth-order valence-corrected chi connectivity index (χ4v) is 1.19. The van der Waals surface area contributed by atoms with Gasteiger partial charge in [0.25, 0.3) is 5.24 Å². The third-order valence-electron chi connectivity index (χ3n) is 1.56. The van der Waals surface area contributed by atoms with E-state index in [1.807, 2.05) is 0 Å². The average molecular weight is 245 g/mol. The van der Waals surface area contributed by atoms with Crippen molar-refractivity contribution in [2.45, 2.75) is 6.18 Å². The highest BCUT2D eigenvalue weighted by Gasteiger charge is 2.37. The van der Waals surface area contributed by atoms with Crippen molar-refractivity contribution in [3.05, 3.63) is 34.9 Å². The molecule has 0 aliphatic heterocycles. The molecule has 0 bridgehead atoms. The van der Waals surface area contributed by atoms with Crippen molar-refractivity contribution in [1.29, 1.82) is 0 Å². The van der Waals surface area contributed by atoms with Crippen LogP contribution in [0.15, 0.2) is 12.1 Å². The van der Waals surface area contributed by atoms with Gasteiger partial charge in [0.1, 0.15) is 11.6 Å². The lowest BCUT2D eigenvalue weighted by Gasteiger charge is -2.10. The first-order valence-electron chi connectivity index (χ1n) is 3.49. The average Bonchev–Trinajstić information content (AvgIpc) is 1.99. The van der Waals surface area contributed by atoms with Crippen LogP contribution in [0, 0.1) is 11.6 Å². The Labute approximate surface area is 85.5 Å². The Morgan fingerprint density at radius 2 is 1.73 bits per heavy atom. The molecular formula is C8H2ClF5O. The van der Waals surface area contributed by atoms with Gasteiger partial charge >= 0.3 is 6.18 Å². The van der Waals surface area contributed by atoms with Crippen LogP contribution in [-0.4, -0.2) is 5.24 Å². The lowest BCUT2D eigenvalue weighted by Crippen LogP contribution is -2.13. The van der Waals surface area contributed by atoms with E-state index in [1.165, 1.54) is 0 Å². The number of alkyl halides is 3. The van der Waals surface area contributed by atoms with Crippen LogP contribution in [0.2, 0.25) is 0 Å². The monoisotopic (exact) mass is 244 g/mol. The highest BCUT2D eigenvalue weighted by molar-refractivity contribution is 6.68. The smallest absolute Gasteiger partial charge is 0.275 e. The molecule has 0 aromatic heterocycles. The van der Waals surface area contributed by atoms with Crippen LogP contribution >= 0.6 is 11.6 Å².